The van der Waals surface area contributed by atoms with Crippen LogP contribution in [0.25, 0.3) is 0 Å². The van der Waals surface area contributed by atoms with Crippen molar-refractivity contribution in [3.63, 3.8) is 0 Å². The van der Waals surface area contributed by atoms with E-state index in [1.54, 1.807) is 6.92 Å². The van der Waals surface area contributed by atoms with E-state index >= 15 is 0 Å². The summed E-state index contributed by atoms with van der Waals surface area (Å²) in [6.45, 7) is 2.22. The minimum absolute atomic E-state index is 0.131. The first-order valence-corrected chi connectivity index (χ1v) is 9.11. The molecular formula is C13H23NO2S2. The molecule has 0 bridgehead atoms. The van der Waals surface area contributed by atoms with E-state index in [1.165, 1.54) is 18.6 Å². The average molecular weight is 289 g/mol. The molecule has 1 aliphatic heterocycles. The Bertz CT molecular complexity index is 266. The molecule has 3 nitrogen and oxygen atoms in total. The van der Waals surface area contributed by atoms with Crippen LogP contribution in [0.4, 0.5) is 0 Å². The molecule has 1 saturated heterocycles. The summed E-state index contributed by atoms with van der Waals surface area (Å²) in [7, 11) is 3.98. The molecule has 0 spiro atoms. The molecule has 1 rings (SSSR count). The number of hydrogen-bond donors (Lipinski definition) is 1. The van der Waals surface area contributed by atoms with Crippen LogP contribution in [0, 0.1) is 0 Å². The lowest BCUT2D eigenvalue weighted by molar-refractivity contribution is -0.121. The number of carbonyl (C=O) groups excluding carboxylic acids is 2. The van der Waals surface area contributed by atoms with Crippen LogP contribution in [0.2, 0.25) is 0 Å². The van der Waals surface area contributed by atoms with Crippen molar-refractivity contribution < 1.29 is 9.59 Å². The summed E-state index contributed by atoms with van der Waals surface area (Å²) < 4.78 is 0. The molecule has 0 saturated carbocycles. The minimum atomic E-state index is 0.131. The summed E-state index contributed by atoms with van der Waals surface area (Å²) in [5.74, 6) is 1.61. The molecule has 5 heteroatoms. The third-order valence-electron chi connectivity index (χ3n) is 2.94. The smallest absolute Gasteiger partial charge is 0.219 e. The van der Waals surface area contributed by atoms with E-state index in [-0.39, 0.29) is 11.7 Å². The van der Waals surface area contributed by atoms with Gasteiger partial charge in [-0.25, -0.2) is 0 Å². The van der Waals surface area contributed by atoms with Crippen molar-refractivity contribution in [3.05, 3.63) is 0 Å². The minimum Gasteiger partial charge on any atom is -0.356 e. The van der Waals surface area contributed by atoms with Crippen molar-refractivity contribution in [1.82, 2.24) is 5.32 Å². The van der Waals surface area contributed by atoms with E-state index in [2.05, 4.69) is 5.32 Å². The van der Waals surface area contributed by atoms with Gasteiger partial charge in [0.1, 0.15) is 5.78 Å². The van der Waals surface area contributed by atoms with Crippen LogP contribution >= 0.6 is 21.6 Å². The summed E-state index contributed by atoms with van der Waals surface area (Å²) in [5, 5.41) is 3.68. The summed E-state index contributed by atoms with van der Waals surface area (Å²) in [5.41, 5.74) is 0. The lowest BCUT2D eigenvalue weighted by Crippen LogP contribution is -2.24. The highest BCUT2D eigenvalue weighted by Gasteiger charge is 2.15. The zero-order valence-electron chi connectivity index (χ0n) is 11.1. The van der Waals surface area contributed by atoms with Gasteiger partial charge in [-0.1, -0.05) is 28.0 Å². The Morgan fingerprint density at radius 3 is 2.72 bits per heavy atom. The number of Topliss-reactive ketones (excluding diaryl/α,β-unsaturated/α-hetero) is 1. The second-order valence-electron chi connectivity index (χ2n) is 4.73. The van der Waals surface area contributed by atoms with Crippen LogP contribution in [-0.2, 0) is 9.59 Å². The molecule has 1 heterocycles. The van der Waals surface area contributed by atoms with Gasteiger partial charge in [0.05, 0.1) is 0 Å². The summed E-state index contributed by atoms with van der Waals surface area (Å²) in [6.07, 6.45) is 6.67. The highest BCUT2D eigenvalue weighted by Crippen LogP contribution is 2.39. The van der Waals surface area contributed by atoms with Gasteiger partial charge < -0.3 is 10.1 Å². The summed E-state index contributed by atoms with van der Waals surface area (Å²) in [4.78, 5) is 22.2. The van der Waals surface area contributed by atoms with Crippen LogP contribution in [0.1, 0.15) is 51.9 Å². The quantitative estimate of drug-likeness (QED) is 0.523. The topological polar surface area (TPSA) is 46.2 Å². The van der Waals surface area contributed by atoms with Crippen molar-refractivity contribution in [1.29, 1.82) is 0 Å². The van der Waals surface area contributed by atoms with Gasteiger partial charge in [0, 0.05) is 30.4 Å². The Hall–Kier alpha value is -0.160. The second-order valence-corrected chi connectivity index (χ2v) is 7.52. The molecule has 0 radical (unpaired) electrons. The Morgan fingerprint density at radius 1 is 1.22 bits per heavy atom. The molecule has 1 amide bonds. The molecule has 0 aliphatic carbocycles. The average Bonchev–Trinajstić information content (AvgIpc) is 2.83. The maximum atomic E-state index is 11.5. The van der Waals surface area contributed by atoms with E-state index in [0.717, 1.165) is 24.5 Å². The highest BCUT2D eigenvalue weighted by molar-refractivity contribution is 8.77. The lowest BCUT2D eigenvalue weighted by atomic mass is 10.1. The van der Waals surface area contributed by atoms with Crippen LogP contribution in [-0.4, -0.2) is 29.2 Å². The van der Waals surface area contributed by atoms with Crippen molar-refractivity contribution in [2.24, 2.45) is 0 Å². The summed E-state index contributed by atoms with van der Waals surface area (Å²) in [6, 6.07) is 0. The predicted octanol–water partition coefficient (Wildman–Crippen LogP) is 3.19. The van der Waals surface area contributed by atoms with E-state index in [4.69, 9.17) is 0 Å². The fourth-order valence-electron chi connectivity index (χ4n) is 1.88. The van der Waals surface area contributed by atoms with Gasteiger partial charge in [0.25, 0.3) is 0 Å². The molecule has 1 unspecified atom stereocenters. The first-order chi connectivity index (χ1) is 8.68. The molecule has 18 heavy (non-hydrogen) atoms. The number of hydrogen-bond acceptors (Lipinski definition) is 4. The molecule has 1 atom stereocenters. The summed E-state index contributed by atoms with van der Waals surface area (Å²) >= 11 is 0. The Kier molecular flexibility index (Phi) is 8.59. The van der Waals surface area contributed by atoms with Crippen molar-refractivity contribution in [2.45, 2.75) is 57.1 Å². The molecule has 1 N–H and O–H groups in total. The Morgan fingerprint density at radius 2 is 2.06 bits per heavy atom. The first-order valence-electron chi connectivity index (χ1n) is 6.73. The number of rotatable bonds is 9. The third-order valence-corrected chi connectivity index (χ3v) is 5.94. The third kappa shape index (κ3) is 8.03. The van der Waals surface area contributed by atoms with Crippen LogP contribution in [0.3, 0.4) is 0 Å². The Balaban J connectivity index is 1.88. The highest BCUT2D eigenvalue weighted by atomic mass is 33.1. The van der Waals surface area contributed by atoms with Gasteiger partial charge in [-0.2, -0.15) is 0 Å². The lowest BCUT2D eigenvalue weighted by Gasteiger charge is -2.07. The first kappa shape index (κ1) is 15.9. The standard InChI is InChI=1S/C13H23NO2S2/c1-11(15)5-4-9-14-13(16)7-3-2-6-12-8-10-17-18-12/h12H,2-10H2,1H3,(H,14,16). The van der Waals surface area contributed by atoms with E-state index in [1.807, 2.05) is 21.6 Å². The number of unbranched alkanes of at least 4 members (excludes halogenated alkanes) is 1. The molecule has 0 aromatic carbocycles. The molecule has 0 aromatic heterocycles. The molecule has 104 valence electrons. The van der Waals surface area contributed by atoms with Crippen molar-refractivity contribution >= 4 is 33.3 Å². The molecule has 1 fully saturated rings. The SMILES string of the molecule is CC(=O)CCCNC(=O)CCCCC1CCSS1. The second kappa shape index (κ2) is 9.73. The number of amides is 1. The van der Waals surface area contributed by atoms with Crippen molar-refractivity contribution in [2.75, 3.05) is 12.3 Å². The zero-order chi connectivity index (χ0) is 13.2. The zero-order valence-corrected chi connectivity index (χ0v) is 12.7. The molecular weight excluding hydrogens is 266 g/mol. The van der Waals surface area contributed by atoms with Crippen LogP contribution < -0.4 is 5.32 Å². The van der Waals surface area contributed by atoms with E-state index < -0.39 is 0 Å². The van der Waals surface area contributed by atoms with Gasteiger partial charge in [-0.15, -0.1) is 0 Å². The number of carbonyl (C=O) groups is 2. The van der Waals surface area contributed by atoms with Gasteiger partial charge in [-0.3, -0.25) is 4.79 Å². The maximum Gasteiger partial charge on any atom is 0.219 e. The largest absolute Gasteiger partial charge is 0.356 e. The van der Waals surface area contributed by atoms with Crippen molar-refractivity contribution in [3.8, 4) is 0 Å². The molecule has 1 aliphatic rings. The molecule has 0 aromatic rings. The number of ketones is 1. The fraction of sp³-hybridized carbons (Fsp3) is 0.846. The van der Waals surface area contributed by atoms with Crippen LogP contribution in [0.15, 0.2) is 0 Å². The van der Waals surface area contributed by atoms with E-state index in [0.29, 0.717) is 19.4 Å². The van der Waals surface area contributed by atoms with Gasteiger partial charge in [-0.05, 0) is 32.6 Å². The van der Waals surface area contributed by atoms with Gasteiger partial charge in [0.2, 0.25) is 5.91 Å². The monoisotopic (exact) mass is 289 g/mol. The van der Waals surface area contributed by atoms with E-state index in [9.17, 15) is 9.59 Å². The fourth-order valence-corrected chi connectivity index (χ4v) is 4.90. The number of nitrogens with one attached hydrogen (secondary N) is 1. The Labute approximate surface area is 118 Å². The maximum absolute atomic E-state index is 11.5. The van der Waals surface area contributed by atoms with Gasteiger partial charge >= 0.3 is 0 Å². The normalized spacial score (nSPS) is 18.8. The van der Waals surface area contributed by atoms with Crippen LogP contribution in [0.5, 0.6) is 0 Å². The predicted molar refractivity (Wildman–Crippen MR) is 79.8 cm³/mol. The van der Waals surface area contributed by atoms with Gasteiger partial charge in [0.15, 0.2) is 0 Å².